The van der Waals surface area contributed by atoms with E-state index in [2.05, 4.69) is 32.6 Å². The predicted molar refractivity (Wildman–Crippen MR) is 93.7 cm³/mol. The molecular weight excluding hydrogens is 380 g/mol. The van der Waals surface area contributed by atoms with Crippen molar-refractivity contribution in [2.24, 2.45) is 5.92 Å². The number of carbonyl (C=O) groups is 1. The van der Waals surface area contributed by atoms with Gasteiger partial charge >= 0.3 is 6.09 Å². The minimum Gasteiger partial charge on any atom is -0.444 e. The van der Waals surface area contributed by atoms with Crippen molar-refractivity contribution in [3.8, 4) is 0 Å². The van der Waals surface area contributed by atoms with Crippen molar-refractivity contribution in [1.29, 1.82) is 0 Å². The fourth-order valence-electron chi connectivity index (χ4n) is 3.26. The fourth-order valence-corrected chi connectivity index (χ4v) is 4.69. The summed E-state index contributed by atoms with van der Waals surface area (Å²) in [6.07, 6.45) is 0.838. The SMILES string of the molecule is CC(C)(C)OC(=O)NC1C2CCOC2C1NCc1ccc(Br)s1. The van der Waals surface area contributed by atoms with Crippen LogP contribution in [-0.4, -0.2) is 36.5 Å². The van der Waals surface area contributed by atoms with Crippen molar-refractivity contribution in [3.63, 3.8) is 0 Å². The Morgan fingerprint density at radius 3 is 2.87 bits per heavy atom. The number of carbonyl (C=O) groups excluding carboxylic acids is 1. The van der Waals surface area contributed by atoms with E-state index in [-0.39, 0.29) is 24.3 Å². The second-order valence-corrected chi connectivity index (χ2v) is 9.62. The molecule has 0 bridgehead atoms. The Labute approximate surface area is 149 Å². The van der Waals surface area contributed by atoms with Gasteiger partial charge in [0.05, 0.1) is 22.0 Å². The van der Waals surface area contributed by atoms with E-state index in [0.717, 1.165) is 23.4 Å². The van der Waals surface area contributed by atoms with Gasteiger partial charge in [-0.25, -0.2) is 4.79 Å². The van der Waals surface area contributed by atoms with Gasteiger partial charge in [0, 0.05) is 23.9 Å². The molecule has 0 aromatic carbocycles. The molecule has 1 aromatic rings. The molecule has 2 N–H and O–H groups in total. The van der Waals surface area contributed by atoms with Crippen LogP contribution in [-0.2, 0) is 16.0 Å². The molecule has 1 aliphatic carbocycles. The maximum absolute atomic E-state index is 12.1. The first-order chi connectivity index (χ1) is 10.8. The van der Waals surface area contributed by atoms with Crippen molar-refractivity contribution < 1.29 is 14.3 Å². The molecule has 1 saturated heterocycles. The normalized spacial score (nSPS) is 29.7. The minimum absolute atomic E-state index is 0.0701. The molecule has 0 spiro atoms. The summed E-state index contributed by atoms with van der Waals surface area (Å²) in [6, 6.07) is 4.36. The molecule has 23 heavy (non-hydrogen) atoms. The number of fused-ring (bicyclic) bond motifs is 1. The maximum atomic E-state index is 12.1. The molecule has 5 nitrogen and oxygen atoms in total. The molecule has 128 valence electrons. The van der Waals surface area contributed by atoms with Crippen molar-refractivity contribution >= 4 is 33.4 Å². The van der Waals surface area contributed by atoms with Crippen molar-refractivity contribution in [3.05, 3.63) is 20.8 Å². The highest BCUT2D eigenvalue weighted by atomic mass is 79.9. The molecule has 1 saturated carbocycles. The Morgan fingerprint density at radius 2 is 2.22 bits per heavy atom. The first kappa shape index (κ1) is 17.2. The molecular formula is C16H23BrN2O3S. The zero-order valence-corrected chi connectivity index (χ0v) is 16.0. The lowest BCUT2D eigenvalue weighted by atomic mass is 9.71. The smallest absolute Gasteiger partial charge is 0.407 e. The lowest BCUT2D eigenvalue weighted by Crippen LogP contribution is -2.70. The predicted octanol–water partition coefficient (Wildman–Crippen LogP) is 3.28. The van der Waals surface area contributed by atoms with E-state index in [9.17, 15) is 4.79 Å². The molecule has 2 heterocycles. The van der Waals surface area contributed by atoms with E-state index >= 15 is 0 Å². The van der Waals surface area contributed by atoms with E-state index in [4.69, 9.17) is 9.47 Å². The van der Waals surface area contributed by atoms with Gasteiger partial charge in [-0.2, -0.15) is 0 Å². The molecule has 7 heteroatoms. The maximum Gasteiger partial charge on any atom is 0.407 e. The van der Waals surface area contributed by atoms with E-state index in [0.29, 0.717) is 5.92 Å². The van der Waals surface area contributed by atoms with Crippen LogP contribution in [0, 0.1) is 5.92 Å². The lowest BCUT2D eigenvalue weighted by Gasteiger charge is -2.48. The van der Waals surface area contributed by atoms with Crippen LogP contribution in [0.1, 0.15) is 32.1 Å². The van der Waals surface area contributed by atoms with Crippen LogP contribution in [0.3, 0.4) is 0 Å². The number of halogens is 1. The monoisotopic (exact) mass is 402 g/mol. The Balaban J connectivity index is 1.57. The van der Waals surface area contributed by atoms with Crippen molar-refractivity contribution in [1.82, 2.24) is 10.6 Å². The van der Waals surface area contributed by atoms with Gasteiger partial charge in [-0.15, -0.1) is 11.3 Å². The zero-order chi connectivity index (χ0) is 16.6. The third-order valence-electron chi connectivity index (χ3n) is 4.21. The highest BCUT2D eigenvalue weighted by Crippen LogP contribution is 2.39. The van der Waals surface area contributed by atoms with Crippen LogP contribution in [0.25, 0.3) is 0 Å². The summed E-state index contributed by atoms with van der Waals surface area (Å²) < 4.78 is 12.3. The number of thiophene rings is 1. The number of rotatable bonds is 4. The summed E-state index contributed by atoms with van der Waals surface area (Å²) in [6.45, 7) is 7.17. The van der Waals surface area contributed by atoms with Gasteiger partial charge in [-0.3, -0.25) is 0 Å². The molecule has 2 fully saturated rings. The van der Waals surface area contributed by atoms with Gasteiger partial charge in [0.2, 0.25) is 0 Å². The summed E-state index contributed by atoms with van der Waals surface area (Å²) in [5.74, 6) is 0.384. The van der Waals surface area contributed by atoms with Crippen molar-refractivity contribution in [2.75, 3.05) is 6.61 Å². The molecule has 4 atom stereocenters. The van der Waals surface area contributed by atoms with Gasteiger partial charge < -0.3 is 20.1 Å². The number of amides is 1. The zero-order valence-electron chi connectivity index (χ0n) is 13.6. The second kappa shape index (κ2) is 6.70. The number of nitrogens with one attached hydrogen (secondary N) is 2. The van der Waals surface area contributed by atoms with Gasteiger partial charge in [0.1, 0.15) is 5.60 Å². The largest absolute Gasteiger partial charge is 0.444 e. The second-order valence-electron chi connectivity index (χ2n) is 7.07. The van der Waals surface area contributed by atoms with E-state index in [1.807, 2.05) is 26.8 Å². The quantitative estimate of drug-likeness (QED) is 0.810. The molecule has 4 unspecified atom stereocenters. The average Bonchev–Trinajstić information content (AvgIpc) is 3.02. The van der Waals surface area contributed by atoms with Gasteiger partial charge in [0.25, 0.3) is 0 Å². The van der Waals surface area contributed by atoms with Gasteiger partial charge in [-0.05, 0) is 55.3 Å². The first-order valence-electron chi connectivity index (χ1n) is 7.92. The number of hydrogen-bond donors (Lipinski definition) is 2. The number of hydrogen-bond acceptors (Lipinski definition) is 5. The molecule has 1 aromatic heterocycles. The topological polar surface area (TPSA) is 59.6 Å². The fraction of sp³-hybridized carbons (Fsp3) is 0.688. The lowest BCUT2D eigenvalue weighted by molar-refractivity contribution is -0.0343. The number of alkyl carbamates (subject to hydrolysis) is 1. The number of ether oxygens (including phenoxy) is 2. The molecule has 1 aliphatic heterocycles. The van der Waals surface area contributed by atoms with Crippen molar-refractivity contribution in [2.45, 2.75) is 57.5 Å². The Kier molecular flexibility index (Phi) is 5.01. The minimum atomic E-state index is -0.481. The van der Waals surface area contributed by atoms with Crippen LogP contribution >= 0.6 is 27.3 Å². The first-order valence-corrected chi connectivity index (χ1v) is 9.53. The van der Waals surface area contributed by atoms with Crippen LogP contribution in [0.5, 0.6) is 0 Å². The molecule has 1 amide bonds. The molecule has 2 aliphatic rings. The third kappa shape index (κ3) is 4.07. The summed E-state index contributed by atoms with van der Waals surface area (Å²) >= 11 is 5.19. The van der Waals surface area contributed by atoms with Gasteiger partial charge in [0.15, 0.2) is 0 Å². The van der Waals surface area contributed by atoms with Gasteiger partial charge in [-0.1, -0.05) is 0 Å². The Morgan fingerprint density at radius 1 is 1.43 bits per heavy atom. The average molecular weight is 403 g/mol. The summed E-state index contributed by atoms with van der Waals surface area (Å²) in [7, 11) is 0. The Bertz CT molecular complexity index is 572. The van der Waals surface area contributed by atoms with E-state index in [1.54, 1.807) is 11.3 Å². The molecule has 0 radical (unpaired) electrons. The Hall–Kier alpha value is -0.630. The highest BCUT2D eigenvalue weighted by Gasteiger charge is 2.54. The highest BCUT2D eigenvalue weighted by molar-refractivity contribution is 9.11. The van der Waals surface area contributed by atoms with Crippen LogP contribution < -0.4 is 10.6 Å². The van der Waals surface area contributed by atoms with E-state index < -0.39 is 5.60 Å². The van der Waals surface area contributed by atoms with E-state index in [1.165, 1.54) is 4.88 Å². The van der Waals surface area contributed by atoms with Crippen LogP contribution in [0.4, 0.5) is 4.79 Å². The summed E-state index contributed by atoms with van der Waals surface area (Å²) in [5, 5.41) is 6.56. The summed E-state index contributed by atoms with van der Waals surface area (Å²) in [5.41, 5.74) is -0.481. The standard InChI is InChI=1S/C16H23BrN2O3S/c1-16(2,3)22-15(20)19-12-10-6-7-21-14(10)13(12)18-8-9-4-5-11(17)23-9/h4-5,10,12-14,18H,6-8H2,1-3H3,(H,19,20). The third-order valence-corrected chi connectivity index (χ3v) is 5.83. The molecule has 3 rings (SSSR count). The van der Waals surface area contributed by atoms with Crippen LogP contribution in [0.15, 0.2) is 15.9 Å². The summed E-state index contributed by atoms with van der Waals surface area (Å²) in [4.78, 5) is 13.3. The van der Waals surface area contributed by atoms with Crippen LogP contribution in [0.2, 0.25) is 0 Å².